The van der Waals surface area contributed by atoms with Crippen molar-refractivity contribution in [3.63, 3.8) is 0 Å². The van der Waals surface area contributed by atoms with E-state index >= 15 is 0 Å². The number of carbonyl (C=O) groups excluding carboxylic acids is 1. The van der Waals surface area contributed by atoms with Crippen molar-refractivity contribution >= 4 is 34.1 Å². The van der Waals surface area contributed by atoms with Crippen LogP contribution in [0.1, 0.15) is 12.8 Å². The summed E-state index contributed by atoms with van der Waals surface area (Å²) in [6.07, 6.45) is -0.865. The average molecular weight is 320 g/mol. The van der Waals surface area contributed by atoms with E-state index in [4.69, 9.17) is 42.7 Å². The Bertz CT molecular complexity index is 427. The van der Waals surface area contributed by atoms with Crippen molar-refractivity contribution in [3.8, 4) is 0 Å². The smallest absolute Gasteiger partial charge is 0.394 e. The molecule has 0 heterocycles. The first-order chi connectivity index (χ1) is 8.81. The first-order valence-electron chi connectivity index (χ1n) is 4.31. The molecule has 12 nitrogen and oxygen atoms in total. The van der Waals surface area contributed by atoms with Crippen LogP contribution in [0.25, 0.3) is 0 Å². The number of carbonyl (C=O) groups is 4. The van der Waals surface area contributed by atoms with Gasteiger partial charge in [0.2, 0.25) is 5.78 Å². The van der Waals surface area contributed by atoms with Gasteiger partial charge in [0.25, 0.3) is 0 Å². The fraction of sp³-hybridized carbons (Fsp3) is 0.429. The molecular formula is C7H12O12S. The number of rotatable bonds is 5. The van der Waals surface area contributed by atoms with Gasteiger partial charge in [0, 0.05) is 6.42 Å². The molecule has 0 aromatic rings. The van der Waals surface area contributed by atoms with Gasteiger partial charge in [-0.3, -0.25) is 18.7 Å². The Labute approximate surface area is 111 Å². The maximum Gasteiger partial charge on any atom is 0.394 e. The van der Waals surface area contributed by atoms with Crippen LogP contribution in [0.2, 0.25) is 0 Å². The van der Waals surface area contributed by atoms with E-state index < -0.39 is 53.5 Å². The zero-order chi connectivity index (χ0) is 16.9. The van der Waals surface area contributed by atoms with E-state index in [2.05, 4.69) is 0 Å². The highest BCUT2D eigenvalue weighted by atomic mass is 32.3. The second-order valence-corrected chi connectivity index (χ2v) is 3.52. The largest absolute Gasteiger partial charge is 0.481 e. The van der Waals surface area contributed by atoms with E-state index in [1.165, 1.54) is 0 Å². The topological polar surface area (TPSA) is 224 Å². The molecule has 20 heavy (non-hydrogen) atoms. The van der Waals surface area contributed by atoms with Gasteiger partial charge in [-0.15, -0.1) is 0 Å². The second kappa shape index (κ2) is 12.0. The predicted octanol–water partition coefficient (Wildman–Crippen LogP) is -2.08. The van der Waals surface area contributed by atoms with Gasteiger partial charge in [-0.1, -0.05) is 0 Å². The Balaban J connectivity index is -0.000000244. The molecule has 0 atom stereocenters. The van der Waals surface area contributed by atoms with Crippen molar-refractivity contribution in [2.75, 3.05) is 6.61 Å². The van der Waals surface area contributed by atoms with Gasteiger partial charge in [-0.25, -0.2) is 9.59 Å². The maximum absolute atomic E-state index is 10.2. The van der Waals surface area contributed by atoms with Gasteiger partial charge in [-0.2, -0.15) is 8.42 Å². The van der Waals surface area contributed by atoms with E-state index in [1.807, 2.05) is 0 Å². The molecule has 0 bridgehead atoms. The number of aliphatic carboxylic acids is 3. The molecule has 0 spiro atoms. The molecule has 13 heteroatoms. The van der Waals surface area contributed by atoms with Gasteiger partial charge in [0.1, 0.15) is 6.61 Å². The highest BCUT2D eigenvalue weighted by molar-refractivity contribution is 7.79. The third kappa shape index (κ3) is 44.6. The quantitative estimate of drug-likeness (QED) is 0.237. The van der Waals surface area contributed by atoms with Crippen LogP contribution in [0, 0.1) is 0 Å². The van der Waals surface area contributed by atoms with Gasteiger partial charge >= 0.3 is 28.3 Å². The van der Waals surface area contributed by atoms with Crippen LogP contribution in [-0.4, -0.2) is 68.2 Å². The molecule has 0 fully saturated rings. The molecule has 0 radical (unpaired) electrons. The Kier molecular flexibility index (Phi) is 13.8. The van der Waals surface area contributed by atoms with E-state index in [1.54, 1.807) is 0 Å². The molecule has 0 saturated heterocycles. The number of aliphatic hydroxyl groups excluding tert-OH is 1. The Morgan fingerprint density at radius 1 is 0.800 bits per heavy atom. The van der Waals surface area contributed by atoms with Gasteiger partial charge < -0.3 is 20.4 Å². The van der Waals surface area contributed by atoms with Gasteiger partial charge in [0.05, 0.1) is 6.42 Å². The van der Waals surface area contributed by atoms with E-state index in [0.29, 0.717) is 0 Å². The molecule has 0 saturated carbocycles. The number of carboxylic acid groups (broad SMARTS) is 3. The number of Topliss-reactive ketones (excluding diaryl/α,β-unsaturated/α-hetero) is 1. The minimum Gasteiger partial charge on any atom is -0.481 e. The zero-order valence-corrected chi connectivity index (χ0v) is 10.5. The van der Waals surface area contributed by atoms with E-state index in [-0.39, 0.29) is 0 Å². The number of aliphatic hydroxyl groups is 1. The van der Waals surface area contributed by atoms with Crippen molar-refractivity contribution in [2.45, 2.75) is 12.8 Å². The Hall–Kier alpha value is -2.09. The zero-order valence-electron chi connectivity index (χ0n) is 9.66. The normalized spacial score (nSPS) is 9.15. The minimum absolute atomic E-state index is 0.425. The van der Waals surface area contributed by atoms with Crippen LogP contribution < -0.4 is 0 Å². The Morgan fingerprint density at radius 3 is 1.25 bits per heavy atom. The fourth-order valence-corrected chi connectivity index (χ4v) is 0.327. The average Bonchev–Trinajstić information content (AvgIpc) is 2.24. The number of ketones is 1. The molecule has 0 aliphatic carbocycles. The van der Waals surface area contributed by atoms with Gasteiger partial charge in [-0.05, 0) is 0 Å². The van der Waals surface area contributed by atoms with Gasteiger partial charge in [0.15, 0.2) is 0 Å². The molecule has 0 unspecified atom stereocenters. The summed E-state index contributed by atoms with van der Waals surface area (Å²) in [5, 5.41) is 31.0. The summed E-state index contributed by atoms with van der Waals surface area (Å²) in [4.78, 5) is 38.9. The summed E-state index contributed by atoms with van der Waals surface area (Å²) >= 11 is 0. The lowest BCUT2D eigenvalue weighted by molar-refractivity contribution is -0.149. The third-order valence-electron chi connectivity index (χ3n) is 0.940. The first kappa shape index (κ1) is 23.0. The SMILES string of the molecule is O=C(O)CCC(=O)C(=O)O.O=C(O)CO.O=S(=O)(O)O. The summed E-state index contributed by atoms with van der Waals surface area (Å²) in [7, 11) is -4.67. The highest BCUT2D eigenvalue weighted by Crippen LogP contribution is 1.89. The summed E-state index contributed by atoms with van der Waals surface area (Å²) in [5.74, 6) is -5.01. The number of carboxylic acids is 3. The monoisotopic (exact) mass is 320 g/mol. The molecule has 0 aromatic carbocycles. The summed E-state index contributed by atoms with van der Waals surface area (Å²) < 4.78 is 31.6. The molecule has 0 aromatic heterocycles. The molecule has 6 N–H and O–H groups in total. The lowest BCUT2D eigenvalue weighted by atomic mass is 10.2. The molecular weight excluding hydrogens is 308 g/mol. The summed E-state index contributed by atoms with van der Waals surface area (Å²) in [6.45, 7) is -0.778. The van der Waals surface area contributed by atoms with Crippen LogP contribution in [0.5, 0.6) is 0 Å². The predicted molar refractivity (Wildman–Crippen MR) is 58.4 cm³/mol. The number of hydrogen-bond donors (Lipinski definition) is 6. The molecule has 0 rings (SSSR count). The van der Waals surface area contributed by atoms with Crippen molar-refractivity contribution in [2.24, 2.45) is 0 Å². The van der Waals surface area contributed by atoms with Crippen molar-refractivity contribution in [1.82, 2.24) is 0 Å². The lowest BCUT2D eigenvalue weighted by Gasteiger charge is -1.88. The molecule has 118 valence electrons. The minimum atomic E-state index is -4.67. The standard InChI is InChI=1S/C5H6O5.C2H4O3.H2O4S/c6-3(5(9)10)1-2-4(7)8;3-1-2(4)5;1-5(2,3)4/h1-2H2,(H,7,8)(H,9,10);3H,1H2,(H,4,5);(H2,1,2,3,4). The first-order valence-corrected chi connectivity index (χ1v) is 5.71. The Morgan fingerprint density at radius 2 is 1.10 bits per heavy atom. The molecule has 0 amide bonds. The fourth-order valence-electron chi connectivity index (χ4n) is 0.327. The second-order valence-electron chi connectivity index (χ2n) is 2.62. The lowest BCUT2D eigenvalue weighted by Crippen LogP contribution is -2.13. The third-order valence-corrected chi connectivity index (χ3v) is 0.940. The molecule has 0 aliphatic rings. The summed E-state index contributed by atoms with van der Waals surface area (Å²) in [5.41, 5.74) is 0. The maximum atomic E-state index is 10.2. The summed E-state index contributed by atoms with van der Waals surface area (Å²) in [6, 6.07) is 0. The van der Waals surface area contributed by atoms with Crippen molar-refractivity contribution in [3.05, 3.63) is 0 Å². The van der Waals surface area contributed by atoms with Crippen LogP contribution in [0.4, 0.5) is 0 Å². The highest BCUT2D eigenvalue weighted by Gasteiger charge is 2.12. The van der Waals surface area contributed by atoms with Crippen LogP contribution in [0.15, 0.2) is 0 Å². The van der Waals surface area contributed by atoms with Crippen LogP contribution in [-0.2, 0) is 29.6 Å². The van der Waals surface area contributed by atoms with E-state index in [9.17, 15) is 14.4 Å². The van der Waals surface area contributed by atoms with Crippen LogP contribution in [0.3, 0.4) is 0 Å². The van der Waals surface area contributed by atoms with E-state index in [0.717, 1.165) is 0 Å². The van der Waals surface area contributed by atoms with Crippen molar-refractivity contribution < 1.29 is 57.1 Å². The number of hydrogen-bond acceptors (Lipinski definition) is 7. The van der Waals surface area contributed by atoms with Crippen LogP contribution >= 0.6 is 0 Å². The van der Waals surface area contributed by atoms with Crippen molar-refractivity contribution in [1.29, 1.82) is 0 Å². The molecule has 0 aliphatic heterocycles.